The molecule has 2 rings (SSSR count). The molecular weight excluding hydrogens is 264 g/mol. The maximum absolute atomic E-state index is 11.6. The van der Waals surface area contributed by atoms with Crippen molar-refractivity contribution in [2.45, 2.75) is 50.8 Å². The van der Waals surface area contributed by atoms with Gasteiger partial charge in [0.15, 0.2) is 6.10 Å². The van der Waals surface area contributed by atoms with Gasteiger partial charge in [0.2, 0.25) is 0 Å². The molecule has 0 aromatic heterocycles. The van der Waals surface area contributed by atoms with Crippen LogP contribution in [0.5, 0.6) is 0 Å². The average Bonchev–Trinajstić information content (AvgIpc) is 3.14. The molecule has 6 nitrogen and oxygen atoms in total. The number of hydrogen-bond donors (Lipinski definition) is 1. The maximum atomic E-state index is 11.6. The highest BCUT2D eigenvalue weighted by atomic mass is 16.6. The Bertz CT molecular complexity index is 441. The van der Waals surface area contributed by atoms with Gasteiger partial charge in [0.05, 0.1) is 0 Å². The van der Waals surface area contributed by atoms with E-state index in [2.05, 4.69) is 0 Å². The number of esters is 2. The largest absolute Gasteiger partial charge is 0.461 e. The van der Waals surface area contributed by atoms with Crippen LogP contribution in [0.2, 0.25) is 0 Å². The van der Waals surface area contributed by atoms with Crippen LogP contribution in [-0.4, -0.2) is 47.6 Å². The molecule has 2 aliphatic rings. The summed E-state index contributed by atoms with van der Waals surface area (Å²) in [6.07, 6.45) is 2.96. The van der Waals surface area contributed by atoms with E-state index in [1.807, 2.05) is 0 Å². The van der Waals surface area contributed by atoms with Gasteiger partial charge in [0, 0.05) is 12.5 Å². The van der Waals surface area contributed by atoms with E-state index in [0.29, 0.717) is 0 Å². The summed E-state index contributed by atoms with van der Waals surface area (Å²) in [4.78, 5) is 23.1. The first kappa shape index (κ1) is 14.7. The predicted molar refractivity (Wildman–Crippen MR) is 68.7 cm³/mol. The number of ether oxygens (including phenoxy) is 3. The summed E-state index contributed by atoms with van der Waals surface area (Å²) in [7, 11) is 0. The van der Waals surface area contributed by atoms with Crippen LogP contribution in [0.4, 0.5) is 0 Å². The molecule has 2 unspecified atom stereocenters. The molecule has 1 fully saturated rings. The fourth-order valence-electron chi connectivity index (χ4n) is 2.03. The summed E-state index contributed by atoms with van der Waals surface area (Å²) in [5.74, 6) is -0.969. The van der Waals surface area contributed by atoms with Crippen LogP contribution in [0.25, 0.3) is 0 Å². The summed E-state index contributed by atoms with van der Waals surface area (Å²) < 4.78 is 15.5. The van der Waals surface area contributed by atoms with Crippen LogP contribution in [0, 0.1) is 0 Å². The number of fused-ring (bicyclic) bond motifs is 1. The molecule has 1 N–H and O–H groups in total. The lowest BCUT2D eigenvalue weighted by Crippen LogP contribution is -2.35. The number of aliphatic hydroxyl groups excluding tert-OH is 1. The molecule has 0 aromatic rings. The van der Waals surface area contributed by atoms with E-state index in [0.717, 1.165) is 0 Å². The van der Waals surface area contributed by atoms with Gasteiger partial charge in [-0.2, -0.15) is 0 Å². The second-order valence-corrected chi connectivity index (χ2v) is 4.86. The van der Waals surface area contributed by atoms with Crippen LogP contribution < -0.4 is 0 Å². The number of allylic oxidation sites excluding steroid dienone is 1. The number of rotatable bonds is 2. The average molecular weight is 282 g/mol. The first-order chi connectivity index (χ1) is 9.51. The van der Waals surface area contributed by atoms with Crippen molar-refractivity contribution >= 4 is 11.9 Å². The molecule has 1 saturated heterocycles. The minimum absolute atomic E-state index is 0.220. The molecule has 5 atom stereocenters. The minimum Gasteiger partial charge on any atom is -0.461 e. The smallest absolute Gasteiger partial charge is 0.338 e. The Labute approximate surface area is 117 Å². The number of epoxide rings is 1. The first-order valence-corrected chi connectivity index (χ1v) is 6.57. The SMILES string of the molecule is C/C=C/C(=O)O[C@@H]1C[C@@H](C)OC(=O)C2OC2/C=C\[C@@H]1O. The number of hydrogen-bond acceptors (Lipinski definition) is 6. The second kappa shape index (κ2) is 6.19. The van der Waals surface area contributed by atoms with Gasteiger partial charge in [-0.05, 0) is 13.8 Å². The molecule has 0 saturated carbocycles. The standard InChI is InChI=1S/C14H18O6/c1-3-4-12(16)19-11-7-8(2)18-14(17)13-10(20-13)6-5-9(11)15/h3-6,8-11,13,15H,7H2,1-2H3/b4-3+,6-5-/t8-,9+,10?,11-,13?/m1/s1. The zero-order valence-electron chi connectivity index (χ0n) is 11.4. The van der Waals surface area contributed by atoms with Crippen LogP contribution in [0.3, 0.4) is 0 Å². The van der Waals surface area contributed by atoms with Gasteiger partial charge in [-0.15, -0.1) is 0 Å². The van der Waals surface area contributed by atoms with E-state index in [1.54, 1.807) is 26.0 Å². The summed E-state index contributed by atoms with van der Waals surface area (Å²) in [5.41, 5.74) is 0. The molecule has 0 bridgehead atoms. The maximum Gasteiger partial charge on any atom is 0.338 e. The minimum atomic E-state index is -0.965. The van der Waals surface area contributed by atoms with Crippen molar-refractivity contribution in [1.82, 2.24) is 0 Å². The van der Waals surface area contributed by atoms with Gasteiger partial charge in [-0.3, -0.25) is 0 Å². The van der Waals surface area contributed by atoms with Crippen molar-refractivity contribution in [3.8, 4) is 0 Å². The highest BCUT2D eigenvalue weighted by Crippen LogP contribution is 2.27. The number of aliphatic hydroxyl groups is 1. The van der Waals surface area contributed by atoms with Gasteiger partial charge in [-0.25, -0.2) is 9.59 Å². The Morgan fingerprint density at radius 2 is 2.25 bits per heavy atom. The van der Waals surface area contributed by atoms with Crippen molar-refractivity contribution in [1.29, 1.82) is 0 Å². The van der Waals surface area contributed by atoms with Gasteiger partial charge < -0.3 is 19.3 Å². The fraction of sp³-hybridized carbons (Fsp3) is 0.571. The van der Waals surface area contributed by atoms with Crippen molar-refractivity contribution < 1.29 is 28.9 Å². The third-order valence-corrected chi connectivity index (χ3v) is 3.09. The molecule has 110 valence electrons. The quantitative estimate of drug-likeness (QED) is 0.343. The summed E-state index contributed by atoms with van der Waals surface area (Å²) in [5, 5.41) is 10.0. The number of carbonyl (C=O) groups is 2. The molecular formula is C14H18O6. The topological polar surface area (TPSA) is 85.4 Å². The molecule has 20 heavy (non-hydrogen) atoms. The van der Waals surface area contributed by atoms with Gasteiger partial charge in [-0.1, -0.05) is 18.2 Å². The Kier molecular flexibility index (Phi) is 4.57. The van der Waals surface area contributed by atoms with Crippen LogP contribution >= 0.6 is 0 Å². The Hall–Kier alpha value is -1.66. The van der Waals surface area contributed by atoms with Gasteiger partial charge in [0.1, 0.15) is 24.4 Å². The monoisotopic (exact) mass is 282 g/mol. The van der Waals surface area contributed by atoms with E-state index in [-0.39, 0.29) is 12.5 Å². The van der Waals surface area contributed by atoms with Crippen molar-refractivity contribution in [2.75, 3.05) is 0 Å². The fourth-order valence-corrected chi connectivity index (χ4v) is 2.03. The van der Waals surface area contributed by atoms with Crippen molar-refractivity contribution in [2.24, 2.45) is 0 Å². The number of carbonyl (C=O) groups excluding carboxylic acids is 2. The molecule has 0 aliphatic carbocycles. The van der Waals surface area contributed by atoms with Crippen LogP contribution in [0.1, 0.15) is 20.3 Å². The second-order valence-electron chi connectivity index (χ2n) is 4.86. The zero-order chi connectivity index (χ0) is 14.7. The zero-order valence-corrected chi connectivity index (χ0v) is 11.4. The van der Waals surface area contributed by atoms with Crippen molar-refractivity contribution in [3.05, 3.63) is 24.3 Å². The molecule has 2 aliphatic heterocycles. The van der Waals surface area contributed by atoms with E-state index in [9.17, 15) is 14.7 Å². The first-order valence-electron chi connectivity index (χ1n) is 6.57. The molecule has 2 heterocycles. The van der Waals surface area contributed by atoms with E-state index >= 15 is 0 Å². The lowest BCUT2D eigenvalue weighted by molar-refractivity contribution is -0.156. The lowest BCUT2D eigenvalue weighted by atomic mass is 10.1. The summed E-state index contributed by atoms with van der Waals surface area (Å²) in [6.45, 7) is 3.38. The van der Waals surface area contributed by atoms with Gasteiger partial charge >= 0.3 is 11.9 Å². The van der Waals surface area contributed by atoms with E-state index < -0.39 is 36.4 Å². The van der Waals surface area contributed by atoms with Crippen LogP contribution in [0.15, 0.2) is 24.3 Å². The predicted octanol–water partition coefficient (Wildman–Crippen LogP) is 0.494. The lowest BCUT2D eigenvalue weighted by Gasteiger charge is -2.24. The third-order valence-electron chi connectivity index (χ3n) is 3.09. The van der Waals surface area contributed by atoms with E-state index in [1.165, 1.54) is 12.2 Å². The Morgan fingerprint density at radius 3 is 2.95 bits per heavy atom. The van der Waals surface area contributed by atoms with E-state index in [4.69, 9.17) is 14.2 Å². The molecule has 0 aromatic carbocycles. The Morgan fingerprint density at radius 1 is 1.50 bits per heavy atom. The summed E-state index contributed by atoms with van der Waals surface area (Å²) in [6, 6.07) is 0. The molecule has 0 radical (unpaired) electrons. The third kappa shape index (κ3) is 3.68. The van der Waals surface area contributed by atoms with Gasteiger partial charge in [0.25, 0.3) is 0 Å². The van der Waals surface area contributed by atoms with Crippen LogP contribution in [-0.2, 0) is 23.8 Å². The highest BCUT2D eigenvalue weighted by molar-refractivity contribution is 5.82. The molecule has 6 heteroatoms. The molecule has 0 amide bonds. The highest BCUT2D eigenvalue weighted by Gasteiger charge is 2.46. The Balaban J connectivity index is 2.08. The summed E-state index contributed by atoms with van der Waals surface area (Å²) >= 11 is 0. The number of cyclic esters (lactones) is 1. The molecule has 0 spiro atoms. The van der Waals surface area contributed by atoms with Crippen molar-refractivity contribution in [3.63, 3.8) is 0 Å². The normalized spacial score (nSPS) is 38.8.